The molecule has 0 radical (unpaired) electrons. The average molecular weight is 246 g/mol. The number of hydrogen-bond acceptors (Lipinski definition) is 2. The predicted octanol–water partition coefficient (Wildman–Crippen LogP) is 2.78. The number of hydrogen-bond donors (Lipinski definition) is 1. The summed E-state index contributed by atoms with van der Waals surface area (Å²) in [5, 5.41) is 0. The van der Waals surface area contributed by atoms with Gasteiger partial charge in [0.2, 0.25) is 0 Å². The summed E-state index contributed by atoms with van der Waals surface area (Å²) >= 11 is 0. The monoisotopic (exact) mass is 246 g/mol. The van der Waals surface area contributed by atoms with E-state index in [2.05, 4.69) is 13.8 Å². The number of amides is 1. The van der Waals surface area contributed by atoms with Crippen molar-refractivity contribution in [1.29, 1.82) is 0 Å². The molecule has 0 aliphatic carbocycles. The fourth-order valence-electron chi connectivity index (χ4n) is 2.62. The van der Waals surface area contributed by atoms with E-state index in [9.17, 15) is 4.79 Å². The van der Waals surface area contributed by atoms with E-state index in [0.717, 1.165) is 37.8 Å². The summed E-state index contributed by atoms with van der Waals surface area (Å²) in [5.74, 6) is 1.59. The van der Waals surface area contributed by atoms with Gasteiger partial charge in [0.1, 0.15) is 0 Å². The second-order valence-corrected chi connectivity index (χ2v) is 5.50. The summed E-state index contributed by atoms with van der Waals surface area (Å²) in [6.07, 6.45) is 2.23. The maximum absolute atomic E-state index is 12.3. The highest BCUT2D eigenvalue weighted by Crippen LogP contribution is 2.25. The number of nitrogen functional groups attached to an aromatic ring is 1. The molecule has 0 bridgehead atoms. The van der Waals surface area contributed by atoms with Gasteiger partial charge in [-0.15, -0.1) is 0 Å². The first-order valence-corrected chi connectivity index (χ1v) is 6.72. The lowest BCUT2D eigenvalue weighted by molar-refractivity contribution is 0.0668. The van der Waals surface area contributed by atoms with Crippen molar-refractivity contribution >= 4 is 11.6 Å². The molecular weight excluding hydrogens is 224 g/mol. The van der Waals surface area contributed by atoms with Crippen LogP contribution >= 0.6 is 0 Å². The molecule has 2 rings (SSSR count). The fourth-order valence-corrected chi connectivity index (χ4v) is 2.62. The zero-order valence-electron chi connectivity index (χ0n) is 11.2. The van der Waals surface area contributed by atoms with Gasteiger partial charge in [-0.05, 0) is 42.9 Å². The Morgan fingerprint density at radius 1 is 1.33 bits per heavy atom. The SMILES string of the molecule is CC(C)C1CCN(C(=O)c2cccc(N)c2)CC1. The van der Waals surface area contributed by atoms with Gasteiger partial charge in [0, 0.05) is 24.3 Å². The maximum Gasteiger partial charge on any atom is 0.253 e. The van der Waals surface area contributed by atoms with Gasteiger partial charge in [0.05, 0.1) is 0 Å². The molecule has 2 N–H and O–H groups in total. The Bertz CT molecular complexity index is 420. The van der Waals surface area contributed by atoms with Crippen LogP contribution in [0.1, 0.15) is 37.0 Å². The van der Waals surface area contributed by atoms with E-state index in [4.69, 9.17) is 5.73 Å². The van der Waals surface area contributed by atoms with Crippen LogP contribution < -0.4 is 5.73 Å². The minimum Gasteiger partial charge on any atom is -0.399 e. The van der Waals surface area contributed by atoms with Gasteiger partial charge in [0.25, 0.3) is 5.91 Å². The molecule has 0 spiro atoms. The van der Waals surface area contributed by atoms with Crippen LogP contribution in [0.5, 0.6) is 0 Å². The molecule has 1 amide bonds. The zero-order valence-corrected chi connectivity index (χ0v) is 11.2. The van der Waals surface area contributed by atoms with Crippen molar-refractivity contribution in [2.24, 2.45) is 11.8 Å². The van der Waals surface area contributed by atoms with E-state index in [0.29, 0.717) is 11.3 Å². The largest absolute Gasteiger partial charge is 0.399 e. The fraction of sp³-hybridized carbons (Fsp3) is 0.533. The molecule has 1 fully saturated rings. The number of benzene rings is 1. The van der Waals surface area contributed by atoms with Gasteiger partial charge < -0.3 is 10.6 Å². The van der Waals surface area contributed by atoms with Crippen molar-refractivity contribution in [2.75, 3.05) is 18.8 Å². The highest BCUT2D eigenvalue weighted by molar-refractivity contribution is 5.95. The van der Waals surface area contributed by atoms with E-state index < -0.39 is 0 Å². The normalized spacial score (nSPS) is 17.2. The number of carbonyl (C=O) groups excluding carboxylic acids is 1. The van der Waals surface area contributed by atoms with Crippen molar-refractivity contribution in [3.05, 3.63) is 29.8 Å². The first-order valence-electron chi connectivity index (χ1n) is 6.72. The molecule has 0 unspecified atom stereocenters. The van der Waals surface area contributed by atoms with Crippen LogP contribution in [0.3, 0.4) is 0 Å². The van der Waals surface area contributed by atoms with E-state index in [1.807, 2.05) is 23.1 Å². The molecule has 1 aromatic carbocycles. The third kappa shape index (κ3) is 2.84. The molecule has 3 nitrogen and oxygen atoms in total. The first kappa shape index (κ1) is 12.9. The van der Waals surface area contributed by atoms with Gasteiger partial charge in [-0.3, -0.25) is 4.79 Å². The number of likely N-dealkylation sites (tertiary alicyclic amines) is 1. The molecule has 1 saturated heterocycles. The molecule has 98 valence electrons. The summed E-state index contributed by atoms with van der Waals surface area (Å²) in [6, 6.07) is 7.25. The Labute approximate surface area is 109 Å². The number of nitrogens with zero attached hydrogens (tertiary/aromatic N) is 1. The minimum absolute atomic E-state index is 0.115. The van der Waals surface area contributed by atoms with Crippen molar-refractivity contribution in [3.63, 3.8) is 0 Å². The second kappa shape index (κ2) is 5.42. The summed E-state index contributed by atoms with van der Waals surface area (Å²) in [6.45, 7) is 6.27. The summed E-state index contributed by atoms with van der Waals surface area (Å²) in [5.41, 5.74) is 7.07. The van der Waals surface area contributed by atoms with Crippen LogP contribution in [-0.4, -0.2) is 23.9 Å². The maximum atomic E-state index is 12.3. The quantitative estimate of drug-likeness (QED) is 0.816. The lowest BCUT2D eigenvalue weighted by atomic mass is 9.86. The molecule has 1 aliphatic rings. The van der Waals surface area contributed by atoms with Crippen LogP contribution in [0.4, 0.5) is 5.69 Å². The van der Waals surface area contributed by atoms with Crippen LogP contribution in [0, 0.1) is 11.8 Å². The smallest absolute Gasteiger partial charge is 0.253 e. The standard InChI is InChI=1S/C15H22N2O/c1-11(2)12-6-8-17(9-7-12)15(18)13-4-3-5-14(16)10-13/h3-5,10-12H,6-9,16H2,1-2H3. The van der Waals surface area contributed by atoms with Gasteiger partial charge in [-0.2, -0.15) is 0 Å². The van der Waals surface area contributed by atoms with Crippen molar-refractivity contribution in [3.8, 4) is 0 Å². The summed E-state index contributed by atoms with van der Waals surface area (Å²) < 4.78 is 0. The number of anilines is 1. The van der Waals surface area contributed by atoms with E-state index in [1.54, 1.807) is 6.07 Å². The highest BCUT2D eigenvalue weighted by Gasteiger charge is 2.25. The van der Waals surface area contributed by atoms with Crippen molar-refractivity contribution < 1.29 is 4.79 Å². The molecular formula is C15H22N2O. The topological polar surface area (TPSA) is 46.3 Å². The van der Waals surface area contributed by atoms with E-state index in [1.165, 1.54) is 0 Å². The Morgan fingerprint density at radius 3 is 2.56 bits per heavy atom. The third-order valence-electron chi connectivity index (χ3n) is 3.90. The Balaban J connectivity index is 1.99. The molecule has 1 aromatic rings. The Morgan fingerprint density at radius 2 is 2.00 bits per heavy atom. The van der Waals surface area contributed by atoms with Crippen molar-refractivity contribution in [2.45, 2.75) is 26.7 Å². The summed E-state index contributed by atoms with van der Waals surface area (Å²) in [4.78, 5) is 14.3. The van der Waals surface area contributed by atoms with Crippen LogP contribution in [0.2, 0.25) is 0 Å². The van der Waals surface area contributed by atoms with Gasteiger partial charge >= 0.3 is 0 Å². The summed E-state index contributed by atoms with van der Waals surface area (Å²) in [7, 11) is 0. The second-order valence-electron chi connectivity index (χ2n) is 5.50. The third-order valence-corrected chi connectivity index (χ3v) is 3.90. The Kier molecular flexibility index (Phi) is 3.90. The first-order chi connectivity index (χ1) is 8.58. The van der Waals surface area contributed by atoms with Gasteiger partial charge in [-0.1, -0.05) is 19.9 Å². The Hall–Kier alpha value is -1.51. The average Bonchev–Trinajstić information content (AvgIpc) is 2.38. The van der Waals surface area contributed by atoms with E-state index in [-0.39, 0.29) is 5.91 Å². The lowest BCUT2D eigenvalue weighted by Gasteiger charge is -2.34. The molecule has 18 heavy (non-hydrogen) atoms. The molecule has 3 heteroatoms. The lowest BCUT2D eigenvalue weighted by Crippen LogP contribution is -2.39. The number of piperidine rings is 1. The van der Waals surface area contributed by atoms with Crippen molar-refractivity contribution in [1.82, 2.24) is 4.90 Å². The number of nitrogens with two attached hydrogens (primary N) is 1. The minimum atomic E-state index is 0.115. The number of carbonyl (C=O) groups is 1. The molecule has 1 heterocycles. The predicted molar refractivity (Wildman–Crippen MR) is 74.3 cm³/mol. The molecule has 0 atom stereocenters. The molecule has 0 aromatic heterocycles. The van der Waals surface area contributed by atoms with Crippen LogP contribution in [-0.2, 0) is 0 Å². The van der Waals surface area contributed by atoms with Crippen LogP contribution in [0.25, 0.3) is 0 Å². The highest BCUT2D eigenvalue weighted by atomic mass is 16.2. The van der Waals surface area contributed by atoms with E-state index >= 15 is 0 Å². The zero-order chi connectivity index (χ0) is 13.1. The van der Waals surface area contributed by atoms with Gasteiger partial charge in [0.15, 0.2) is 0 Å². The van der Waals surface area contributed by atoms with Gasteiger partial charge in [-0.25, -0.2) is 0 Å². The number of rotatable bonds is 2. The van der Waals surface area contributed by atoms with Crippen LogP contribution in [0.15, 0.2) is 24.3 Å². The molecule has 1 aliphatic heterocycles. The molecule has 0 saturated carbocycles.